The van der Waals surface area contributed by atoms with Crippen LogP contribution < -0.4 is 5.32 Å². The minimum Gasteiger partial charge on any atom is -0.322 e. The summed E-state index contributed by atoms with van der Waals surface area (Å²) in [6.45, 7) is 1.99. The lowest BCUT2D eigenvalue weighted by Crippen LogP contribution is -2.22. The number of anilines is 1. The zero-order valence-corrected chi connectivity index (χ0v) is 15.1. The van der Waals surface area contributed by atoms with Crippen molar-refractivity contribution in [2.45, 2.75) is 13.3 Å². The standard InChI is InChI=1S/C21H17FN4O2/c1-14-18(21(28)26(25-14)12-4-11-23)13-15-7-9-16(10-8-15)24-20(27)17-5-2-3-6-19(17)22/h2-3,5-10,13H,4,12H2,1H3,(H,24,27)/b18-13-. The highest BCUT2D eigenvalue weighted by atomic mass is 19.1. The molecule has 0 saturated carbocycles. The van der Waals surface area contributed by atoms with Crippen LogP contribution in [-0.4, -0.2) is 29.1 Å². The van der Waals surface area contributed by atoms with Gasteiger partial charge in [-0.3, -0.25) is 9.59 Å². The molecule has 0 atom stereocenters. The van der Waals surface area contributed by atoms with Crippen LogP contribution in [0.25, 0.3) is 6.08 Å². The lowest BCUT2D eigenvalue weighted by Gasteiger charge is -2.08. The highest BCUT2D eigenvalue weighted by Crippen LogP contribution is 2.20. The van der Waals surface area contributed by atoms with Crippen molar-refractivity contribution in [1.82, 2.24) is 5.01 Å². The average molecular weight is 376 g/mol. The zero-order chi connectivity index (χ0) is 20.1. The van der Waals surface area contributed by atoms with Crippen molar-refractivity contribution in [3.63, 3.8) is 0 Å². The van der Waals surface area contributed by atoms with E-state index < -0.39 is 11.7 Å². The first-order valence-corrected chi connectivity index (χ1v) is 8.61. The van der Waals surface area contributed by atoms with Crippen LogP contribution in [0.1, 0.15) is 29.3 Å². The number of hydrogen-bond donors (Lipinski definition) is 1. The second kappa shape index (κ2) is 8.27. The summed E-state index contributed by atoms with van der Waals surface area (Å²) in [6, 6.07) is 14.6. The van der Waals surface area contributed by atoms with Crippen LogP contribution in [0, 0.1) is 17.1 Å². The molecular weight excluding hydrogens is 359 g/mol. The number of carbonyl (C=O) groups excluding carboxylic acids is 2. The van der Waals surface area contributed by atoms with Crippen LogP contribution >= 0.6 is 0 Å². The molecule has 0 bridgehead atoms. The first-order chi connectivity index (χ1) is 13.5. The highest BCUT2D eigenvalue weighted by Gasteiger charge is 2.26. The van der Waals surface area contributed by atoms with Crippen LogP contribution in [0.4, 0.5) is 10.1 Å². The lowest BCUT2D eigenvalue weighted by molar-refractivity contribution is -0.125. The van der Waals surface area contributed by atoms with Crippen molar-refractivity contribution in [1.29, 1.82) is 5.26 Å². The van der Waals surface area contributed by atoms with Crippen LogP contribution in [0.2, 0.25) is 0 Å². The van der Waals surface area contributed by atoms with Crippen molar-refractivity contribution >= 4 is 29.3 Å². The Morgan fingerprint density at radius 3 is 2.64 bits per heavy atom. The predicted octanol–water partition coefficient (Wildman–Crippen LogP) is 3.59. The predicted molar refractivity (Wildman–Crippen MR) is 104 cm³/mol. The number of hydrazone groups is 1. The second-order valence-electron chi connectivity index (χ2n) is 6.14. The average Bonchev–Trinajstić information content (AvgIpc) is 2.95. The fourth-order valence-electron chi connectivity index (χ4n) is 2.72. The number of benzene rings is 2. The number of rotatable bonds is 5. The van der Waals surface area contributed by atoms with Gasteiger partial charge in [-0.05, 0) is 42.8 Å². The molecule has 0 fully saturated rings. The molecule has 2 aromatic rings. The van der Waals surface area contributed by atoms with Gasteiger partial charge in [-0.1, -0.05) is 24.3 Å². The summed E-state index contributed by atoms with van der Waals surface area (Å²) in [5.74, 6) is -1.37. The molecule has 7 heteroatoms. The van der Waals surface area contributed by atoms with Gasteiger partial charge in [0.25, 0.3) is 11.8 Å². The molecule has 1 heterocycles. The molecule has 0 aliphatic carbocycles. The van der Waals surface area contributed by atoms with Gasteiger partial charge in [0.05, 0.1) is 35.9 Å². The third-order valence-corrected chi connectivity index (χ3v) is 4.16. The molecule has 1 N–H and O–H groups in total. The zero-order valence-electron chi connectivity index (χ0n) is 15.1. The summed E-state index contributed by atoms with van der Waals surface area (Å²) in [6.07, 6.45) is 1.92. The molecule has 0 unspecified atom stereocenters. The Hall–Kier alpha value is -3.79. The first-order valence-electron chi connectivity index (χ1n) is 8.61. The second-order valence-corrected chi connectivity index (χ2v) is 6.14. The van der Waals surface area contributed by atoms with Crippen LogP contribution in [0.5, 0.6) is 0 Å². The van der Waals surface area contributed by atoms with Crippen molar-refractivity contribution in [2.24, 2.45) is 5.10 Å². The van der Waals surface area contributed by atoms with Crippen molar-refractivity contribution in [2.75, 3.05) is 11.9 Å². The molecule has 0 aromatic heterocycles. The largest absolute Gasteiger partial charge is 0.322 e. The van der Waals surface area contributed by atoms with E-state index in [-0.39, 0.29) is 24.4 Å². The van der Waals surface area contributed by atoms with Crippen molar-refractivity contribution < 1.29 is 14.0 Å². The normalized spacial score (nSPS) is 14.8. The van der Waals surface area contributed by atoms with E-state index in [9.17, 15) is 14.0 Å². The molecule has 2 amide bonds. The molecule has 140 valence electrons. The molecule has 6 nitrogen and oxygen atoms in total. The van der Waals surface area contributed by atoms with E-state index in [1.54, 1.807) is 43.3 Å². The van der Waals surface area contributed by atoms with Gasteiger partial charge in [0.1, 0.15) is 5.82 Å². The summed E-state index contributed by atoms with van der Waals surface area (Å²) >= 11 is 0. The fraction of sp³-hybridized carbons (Fsp3) is 0.143. The molecule has 0 radical (unpaired) electrons. The van der Waals surface area contributed by atoms with E-state index in [0.29, 0.717) is 17.0 Å². The van der Waals surface area contributed by atoms with Crippen LogP contribution in [0.15, 0.2) is 59.2 Å². The Morgan fingerprint density at radius 2 is 1.96 bits per heavy atom. The van der Waals surface area contributed by atoms with Gasteiger partial charge in [0.2, 0.25) is 0 Å². The van der Waals surface area contributed by atoms with E-state index in [4.69, 9.17) is 5.26 Å². The molecule has 2 aromatic carbocycles. The molecular formula is C21H17FN4O2. The number of carbonyl (C=O) groups is 2. The molecule has 0 spiro atoms. The Bertz CT molecular complexity index is 1020. The first kappa shape index (κ1) is 19.0. The number of nitrogens with one attached hydrogen (secondary N) is 1. The van der Waals surface area contributed by atoms with Gasteiger partial charge in [-0.2, -0.15) is 10.4 Å². The Morgan fingerprint density at radius 1 is 1.25 bits per heavy atom. The monoisotopic (exact) mass is 376 g/mol. The minimum absolute atomic E-state index is 0.0328. The van der Waals surface area contributed by atoms with Gasteiger partial charge in [-0.15, -0.1) is 0 Å². The summed E-state index contributed by atoms with van der Waals surface area (Å²) < 4.78 is 13.7. The molecule has 3 rings (SSSR count). The molecule has 0 saturated heterocycles. The summed E-state index contributed by atoms with van der Waals surface area (Å²) in [4.78, 5) is 24.5. The maximum atomic E-state index is 13.7. The number of hydrogen-bond acceptors (Lipinski definition) is 4. The number of nitrogens with zero attached hydrogens (tertiary/aromatic N) is 3. The fourth-order valence-corrected chi connectivity index (χ4v) is 2.72. The van der Waals surface area contributed by atoms with Gasteiger partial charge in [0.15, 0.2) is 0 Å². The van der Waals surface area contributed by atoms with E-state index >= 15 is 0 Å². The molecule has 1 aliphatic rings. The topological polar surface area (TPSA) is 85.6 Å². The third-order valence-electron chi connectivity index (χ3n) is 4.16. The van der Waals surface area contributed by atoms with E-state index in [1.807, 2.05) is 6.07 Å². The number of amides is 2. The summed E-state index contributed by atoms with van der Waals surface area (Å²) in [5, 5.41) is 16.7. The smallest absolute Gasteiger partial charge is 0.275 e. The highest BCUT2D eigenvalue weighted by molar-refractivity contribution is 6.26. The summed E-state index contributed by atoms with van der Waals surface area (Å²) in [5.41, 5.74) is 2.27. The summed E-state index contributed by atoms with van der Waals surface area (Å²) in [7, 11) is 0. The maximum Gasteiger partial charge on any atom is 0.275 e. The van der Waals surface area contributed by atoms with Gasteiger partial charge < -0.3 is 5.32 Å². The minimum atomic E-state index is -0.586. The molecule has 28 heavy (non-hydrogen) atoms. The van der Waals surface area contributed by atoms with E-state index in [0.717, 1.165) is 5.56 Å². The van der Waals surface area contributed by atoms with Gasteiger partial charge in [0, 0.05) is 5.69 Å². The van der Waals surface area contributed by atoms with Crippen LogP contribution in [-0.2, 0) is 4.79 Å². The van der Waals surface area contributed by atoms with Crippen molar-refractivity contribution in [3.8, 4) is 6.07 Å². The third kappa shape index (κ3) is 4.13. The number of nitriles is 1. The van der Waals surface area contributed by atoms with Crippen LogP contribution in [0.3, 0.4) is 0 Å². The quantitative estimate of drug-likeness (QED) is 0.809. The molecule has 1 aliphatic heterocycles. The van der Waals surface area contributed by atoms with E-state index in [2.05, 4.69) is 10.4 Å². The number of halogens is 1. The Kier molecular flexibility index (Phi) is 5.61. The SMILES string of the molecule is CC1=NN(CCC#N)C(=O)/C1=C\c1ccc(NC(=O)c2ccccc2F)cc1. The maximum absolute atomic E-state index is 13.7. The van der Waals surface area contributed by atoms with Gasteiger partial charge >= 0.3 is 0 Å². The lowest BCUT2D eigenvalue weighted by atomic mass is 10.1. The van der Waals surface area contributed by atoms with Crippen molar-refractivity contribution in [3.05, 3.63) is 71.0 Å². The van der Waals surface area contributed by atoms with Gasteiger partial charge in [-0.25, -0.2) is 9.40 Å². The Balaban J connectivity index is 1.71. The Labute approximate surface area is 161 Å². The van der Waals surface area contributed by atoms with E-state index in [1.165, 1.54) is 23.2 Å².